The maximum atomic E-state index is 10.0. The van der Waals surface area contributed by atoms with Crippen LogP contribution in [0, 0.1) is 5.41 Å². The summed E-state index contributed by atoms with van der Waals surface area (Å²) in [6.07, 6.45) is 9.23. The monoisotopic (exact) mass is 270 g/mol. The van der Waals surface area contributed by atoms with Crippen LogP contribution in [-0.2, 0) is 9.47 Å². The first-order chi connectivity index (χ1) is 8.98. The Morgan fingerprint density at radius 1 is 1.32 bits per heavy atom. The van der Waals surface area contributed by atoms with E-state index in [0.717, 1.165) is 44.9 Å². The van der Waals surface area contributed by atoms with Crippen LogP contribution in [0.5, 0.6) is 0 Å². The van der Waals surface area contributed by atoms with E-state index < -0.39 is 0 Å². The van der Waals surface area contributed by atoms with Gasteiger partial charge in [-0.2, -0.15) is 0 Å². The van der Waals surface area contributed by atoms with Crippen molar-refractivity contribution in [2.24, 2.45) is 5.41 Å². The third kappa shape index (κ3) is 6.07. The Kier molecular flexibility index (Phi) is 7.05. The van der Waals surface area contributed by atoms with E-state index in [-0.39, 0.29) is 12.4 Å². The molecule has 1 fully saturated rings. The van der Waals surface area contributed by atoms with Crippen molar-refractivity contribution in [2.45, 2.75) is 71.2 Å². The summed E-state index contributed by atoms with van der Waals surface area (Å²) in [5, 5.41) is 10.0. The second-order valence-electron chi connectivity index (χ2n) is 6.36. The van der Waals surface area contributed by atoms with Crippen LogP contribution >= 0.6 is 0 Å². The Labute approximate surface area is 118 Å². The van der Waals surface area contributed by atoms with Gasteiger partial charge in [-0.1, -0.05) is 19.9 Å². The fourth-order valence-electron chi connectivity index (χ4n) is 2.75. The summed E-state index contributed by atoms with van der Waals surface area (Å²) in [6.45, 7) is 4.57. The first-order valence-electron chi connectivity index (χ1n) is 7.41. The molecule has 1 saturated carbocycles. The fourth-order valence-corrected chi connectivity index (χ4v) is 2.75. The minimum absolute atomic E-state index is 0.0770. The van der Waals surface area contributed by atoms with Gasteiger partial charge in [0.1, 0.15) is 0 Å². The molecule has 0 aromatic heterocycles. The van der Waals surface area contributed by atoms with Gasteiger partial charge in [0, 0.05) is 14.2 Å². The van der Waals surface area contributed by atoms with Gasteiger partial charge >= 0.3 is 0 Å². The number of aliphatic hydroxyl groups is 1. The summed E-state index contributed by atoms with van der Waals surface area (Å²) in [5.74, 6) is 0. The summed E-state index contributed by atoms with van der Waals surface area (Å²) < 4.78 is 10.3. The smallest absolute Gasteiger partial charge is 0.156 e. The van der Waals surface area contributed by atoms with E-state index in [2.05, 4.69) is 19.9 Å². The van der Waals surface area contributed by atoms with Crippen molar-refractivity contribution < 1.29 is 14.6 Å². The van der Waals surface area contributed by atoms with Gasteiger partial charge in [0.25, 0.3) is 0 Å². The Balaban J connectivity index is 2.27. The van der Waals surface area contributed by atoms with Crippen LogP contribution in [0.3, 0.4) is 0 Å². The van der Waals surface area contributed by atoms with Crippen LogP contribution in [0.2, 0.25) is 0 Å². The lowest BCUT2D eigenvalue weighted by Gasteiger charge is -2.34. The molecule has 1 aliphatic rings. The number of aliphatic hydroxyl groups excluding tert-OH is 1. The van der Waals surface area contributed by atoms with Gasteiger partial charge in [-0.3, -0.25) is 0 Å². The van der Waals surface area contributed by atoms with E-state index in [1.54, 1.807) is 14.2 Å². The summed E-state index contributed by atoms with van der Waals surface area (Å²) >= 11 is 0. The number of hydrogen-bond donors (Lipinski definition) is 1. The van der Waals surface area contributed by atoms with Gasteiger partial charge < -0.3 is 14.6 Å². The number of rotatable bonds is 7. The molecule has 0 spiro atoms. The molecule has 0 aromatic carbocycles. The Morgan fingerprint density at radius 3 is 2.63 bits per heavy atom. The molecule has 112 valence electrons. The number of allylic oxidation sites excluding steroid dienone is 1. The molecule has 0 heterocycles. The van der Waals surface area contributed by atoms with Crippen LogP contribution in [-0.4, -0.2) is 31.7 Å². The van der Waals surface area contributed by atoms with Crippen LogP contribution in [0.25, 0.3) is 0 Å². The maximum Gasteiger partial charge on any atom is 0.156 e. The van der Waals surface area contributed by atoms with E-state index in [4.69, 9.17) is 9.47 Å². The van der Waals surface area contributed by atoms with E-state index in [1.165, 1.54) is 5.57 Å². The van der Waals surface area contributed by atoms with Crippen molar-refractivity contribution >= 4 is 0 Å². The third-order valence-corrected chi connectivity index (χ3v) is 4.03. The lowest BCUT2D eigenvalue weighted by Crippen LogP contribution is -2.26. The Bertz CT molecular complexity index is 280. The topological polar surface area (TPSA) is 38.7 Å². The maximum absolute atomic E-state index is 10.0. The molecule has 0 amide bonds. The number of ether oxygens (including phenoxy) is 2. The highest BCUT2D eigenvalue weighted by atomic mass is 16.7. The number of methoxy groups -OCH3 is 2. The van der Waals surface area contributed by atoms with Crippen molar-refractivity contribution in [3.05, 3.63) is 11.6 Å². The molecule has 3 nitrogen and oxygen atoms in total. The molecule has 0 unspecified atom stereocenters. The summed E-state index contributed by atoms with van der Waals surface area (Å²) in [7, 11) is 3.35. The number of hydrogen-bond acceptors (Lipinski definition) is 3. The van der Waals surface area contributed by atoms with Crippen LogP contribution in [0.4, 0.5) is 0 Å². The standard InChI is InChI=1S/C16H30O3/c1-16(2)11-10-14(17)13(12-16)8-6-5-7-9-15(18-3)19-4/h8,14-15,17H,5-7,9-12H2,1-4H3/b13-8-/t14-/m0/s1. The first-order valence-corrected chi connectivity index (χ1v) is 7.41. The minimum atomic E-state index is -0.210. The minimum Gasteiger partial charge on any atom is -0.389 e. The molecule has 0 saturated heterocycles. The highest BCUT2D eigenvalue weighted by Gasteiger charge is 2.28. The molecular weight excluding hydrogens is 240 g/mol. The van der Waals surface area contributed by atoms with Gasteiger partial charge in [0.2, 0.25) is 0 Å². The Hall–Kier alpha value is -0.380. The van der Waals surface area contributed by atoms with Crippen molar-refractivity contribution in [2.75, 3.05) is 14.2 Å². The molecule has 0 aliphatic heterocycles. The average molecular weight is 270 g/mol. The average Bonchev–Trinajstić information content (AvgIpc) is 2.38. The second kappa shape index (κ2) is 8.03. The zero-order valence-corrected chi connectivity index (χ0v) is 12.9. The molecule has 0 bridgehead atoms. The molecule has 0 aromatic rings. The normalized spacial score (nSPS) is 25.2. The lowest BCUT2D eigenvalue weighted by atomic mass is 9.73. The van der Waals surface area contributed by atoms with E-state index in [9.17, 15) is 5.11 Å². The van der Waals surface area contributed by atoms with Crippen LogP contribution in [0.1, 0.15) is 58.8 Å². The van der Waals surface area contributed by atoms with Gasteiger partial charge in [-0.25, -0.2) is 0 Å². The highest BCUT2D eigenvalue weighted by Crippen LogP contribution is 2.38. The molecular formula is C16H30O3. The van der Waals surface area contributed by atoms with Crippen molar-refractivity contribution in [3.8, 4) is 0 Å². The molecule has 3 heteroatoms. The molecule has 1 aliphatic carbocycles. The van der Waals surface area contributed by atoms with Crippen LogP contribution in [0.15, 0.2) is 11.6 Å². The molecule has 1 rings (SSSR count). The summed E-state index contributed by atoms with van der Waals surface area (Å²) in [5.41, 5.74) is 1.59. The zero-order valence-electron chi connectivity index (χ0n) is 12.9. The summed E-state index contributed by atoms with van der Waals surface area (Å²) in [4.78, 5) is 0. The SMILES string of the molecule is COC(CCCC/C=C1/CC(C)(C)CC[C@@H]1O)OC. The van der Waals surface area contributed by atoms with Gasteiger partial charge in [0.05, 0.1) is 6.10 Å². The predicted octanol–water partition coefficient (Wildman–Crippen LogP) is 3.66. The van der Waals surface area contributed by atoms with Crippen molar-refractivity contribution in [1.29, 1.82) is 0 Å². The number of unbranched alkanes of at least 4 members (excludes halogenated alkanes) is 2. The van der Waals surface area contributed by atoms with Crippen molar-refractivity contribution in [3.63, 3.8) is 0 Å². The van der Waals surface area contributed by atoms with Crippen LogP contribution < -0.4 is 0 Å². The third-order valence-electron chi connectivity index (χ3n) is 4.03. The predicted molar refractivity (Wildman–Crippen MR) is 78.0 cm³/mol. The zero-order chi connectivity index (χ0) is 14.3. The van der Waals surface area contributed by atoms with E-state index in [1.807, 2.05) is 0 Å². The molecule has 1 N–H and O–H groups in total. The van der Waals surface area contributed by atoms with Gasteiger partial charge in [-0.15, -0.1) is 0 Å². The highest BCUT2D eigenvalue weighted by molar-refractivity contribution is 5.13. The van der Waals surface area contributed by atoms with Gasteiger partial charge in [0.15, 0.2) is 6.29 Å². The summed E-state index contributed by atoms with van der Waals surface area (Å²) in [6, 6.07) is 0. The molecule has 19 heavy (non-hydrogen) atoms. The second-order valence-corrected chi connectivity index (χ2v) is 6.36. The largest absolute Gasteiger partial charge is 0.389 e. The molecule has 1 atom stereocenters. The fraction of sp³-hybridized carbons (Fsp3) is 0.875. The van der Waals surface area contributed by atoms with E-state index >= 15 is 0 Å². The van der Waals surface area contributed by atoms with Gasteiger partial charge in [-0.05, 0) is 55.9 Å². The van der Waals surface area contributed by atoms with E-state index in [0.29, 0.717) is 5.41 Å². The lowest BCUT2D eigenvalue weighted by molar-refractivity contribution is -0.107. The molecule has 0 radical (unpaired) electrons. The quantitative estimate of drug-likeness (QED) is 0.436. The first kappa shape index (κ1) is 16.7. The van der Waals surface area contributed by atoms with Crippen molar-refractivity contribution in [1.82, 2.24) is 0 Å². The Morgan fingerprint density at radius 2 is 2.00 bits per heavy atom.